The predicted molar refractivity (Wildman–Crippen MR) is 99.6 cm³/mol. The van der Waals surface area contributed by atoms with Gasteiger partial charge in [0.1, 0.15) is 17.3 Å². The monoisotopic (exact) mass is 378 g/mol. The Hall–Kier alpha value is -2.53. The SMILES string of the molecule is C=Cc1cc(OCC(=O)O)cc(Cl)c1Cc1ccc(O)c(C(C)C)c1F. The number of carboxylic acids is 1. The number of phenolic OH excluding ortho intramolecular Hbond substituents is 1. The molecule has 0 aliphatic carbocycles. The zero-order valence-corrected chi connectivity index (χ0v) is 15.3. The fourth-order valence-corrected chi connectivity index (χ4v) is 3.02. The Labute approximate surface area is 156 Å². The first kappa shape index (κ1) is 19.8. The zero-order chi connectivity index (χ0) is 19.4. The van der Waals surface area contributed by atoms with Gasteiger partial charge >= 0.3 is 5.97 Å². The van der Waals surface area contributed by atoms with E-state index >= 15 is 0 Å². The number of aliphatic carboxylic acids is 1. The van der Waals surface area contributed by atoms with E-state index in [0.717, 1.165) is 0 Å². The van der Waals surface area contributed by atoms with Gasteiger partial charge in [-0.25, -0.2) is 9.18 Å². The average Bonchev–Trinajstić information content (AvgIpc) is 2.56. The number of hydrogen-bond donors (Lipinski definition) is 2. The van der Waals surface area contributed by atoms with E-state index in [-0.39, 0.29) is 23.7 Å². The van der Waals surface area contributed by atoms with Crippen LogP contribution in [-0.2, 0) is 11.2 Å². The van der Waals surface area contributed by atoms with Crippen LogP contribution in [0.2, 0.25) is 5.02 Å². The molecule has 0 amide bonds. The highest BCUT2D eigenvalue weighted by Crippen LogP contribution is 2.34. The number of hydrogen-bond acceptors (Lipinski definition) is 3. The van der Waals surface area contributed by atoms with Gasteiger partial charge in [-0.2, -0.15) is 0 Å². The van der Waals surface area contributed by atoms with E-state index in [1.807, 2.05) is 0 Å². The van der Waals surface area contributed by atoms with Crippen LogP contribution in [0.5, 0.6) is 11.5 Å². The normalized spacial score (nSPS) is 10.8. The Bertz CT molecular complexity index is 846. The fraction of sp³-hybridized carbons (Fsp3) is 0.250. The second-order valence-corrected chi connectivity index (χ2v) is 6.57. The van der Waals surface area contributed by atoms with E-state index in [0.29, 0.717) is 27.5 Å². The molecule has 0 spiro atoms. The van der Waals surface area contributed by atoms with Crippen molar-refractivity contribution in [1.82, 2.24) is 0 Å². The third-order valence-electron chi connectivity index (χ3n) is 3.97. The minimum Gasteiger partial charge on any atom is -0.508 e. The van der Waals surface area contributed by atoms with Crippen LogP contribution in [-0.4, -0.2) is 22.8 Å². The summed E-state index contributed by atoms with van der Waals surface area (Å²) in [5.74, 6) is -1.51. The molecular formula is C20H20ClFO4. The highest BCUT2D eigenvalue weighted by atomic mass is 35.5. The lowest BCUT2D eigenvalue weighted by molar-refractivity contribution is -0.139. The van der Waals surface area contributed by atoms with Crippen molar-refractivity contribution in [3.05, 3.63) is 63.9 Å². The van der Waals surface area contributed by atoms with Gasteiger partial charge < -0.3 is 14.9 Å². The van der Waals surface area contributed by atoms with Gasteiger partial charge in [-0.15, -0.1) is 0 Å². The third-order valence-corrected chi connectivity index (χ3v) is 4.30. The molecular weight excluding hydrogens is 359 g/mol. The molecule has 0 aliphatic heterocycles. The number of halogens is 2. The lowest BCUT2D eigenvalue weighted by Gasteiger charge is -2.16. The molecule has 138 valence electrons. The molecule has 6 heteroatoms. The van der Waals surface area contributed by atoms with Crippen LogP contribution < -0.4 is 4.74 Å². The highest BCUT2D eigenvalue weighted by Gasteiger charge is 2.18. The van der Waals surface area contributed by atoms with Crippen molar-refractivity contribution >= 4 is 23.6 Å². The molecule has 4 nitrogen and oxygen atoms in total. The van der Waals surface area contributed by atoms with Crippen LogP contribution in [0.1, 0.15) is 42.0 Å². The minimum absolute atomic E-state index is 0.0753. The Morgan fingerprint density at radius 1 is 1.38 bits per heavy atom. The summed E-state index contributed by atoms with van der Waals surface area (Å²) in [5.41, 5.74) is 1.93. The Morgan fingerprint density at radius 2 is 2.08 bits per heavy atom. The zero-order valence-electron chi connectivity index (χ0n) is 14.6. The minimum atomic E-state index is -1.10. The lowest BCUT2D eigenvalue weighted by atomic mass is 9.93. The molecule has 0 atom stereocenters. The molecule has 0 saturated heterocycles. The quantitative estimate of drug-likeness (QED) is 0.711. The molecule has 2 rings (SSSR count). The summed E-state index contributed by atoms with van der Waals surface area (Å²) in [5, 5.41) is 18.9. The standard InChI is InChI=1S/C20H20ClFO4/c1-4-12-7-14(26-10-18(24)25)9-16(21)15(12)8-13-5-6-17(23)19(11(2)3)20(13)22/h4-7,9,11,23H,1,8,10H2,2-3H3,(H,24,25). The van der Waals surface area contributed by atoms with Gasteiger partial charge in [0.2, 0.25) is 0 Å². The average molecular weight is 379 g/mol. The van der Waals surface area contributed by atoms with Gasteiger partial charge in [0.15, 0.2) is 6.61 Å². The number of ether oxygens (including phenoxy) is 1. The second kappa shape index (κ2) is 8.23. The molecule has 0 heterocycles. The molecule has 0 aliphatic rings. The van der Waals surface area contributed by atoms with Crippen molar-refractivity contribution in [2.75, 3.05) is 6.61 Å². The van der Waals surface area contributed by atoms with E-state index in [9.17, 15) is 14.3 Å². The van der Waals surface area contributed by atoms with E-state index < -0.39 is 18.4 Å². The van der Waals surface area contributed by atoms with Crippen LogP contribution >= 0.6 is 11.6 Å². The van der Waals surface area contributed by atoms with Crippen LogP contribution in [0, 0.1) is 5.82 Å². The van der Waals surface area contributed by atoms with Crippen molar-refractivity contribution in [3.8, 4) is 11.5 Å². The summed E-state index contributed by atoms with van der Waals surface area (Å²) in [6.07, 6.45) is 1.75. The van der Waals surface area contributed by atoms with Gasteiger partial charge in [0.25, 0.3) is 0 Å². The van der Waals surface area contributed by atoms with E-state index in [4.69, 9.17) is 21.4 Å². The third kappa shape index (κ3) is 4.35. The second-order valence-electron chi connectivity index (χ2n) is 6.16. The number of benzene rings is 2. The van der Waals surface area contributed by atoms with E-state index in [2.05, 4.69) is 6.58 Å². The summed E-state index contributed by atoms with van der Waals surface area (Å²) in [4.78, 5) is 10.6. The first-order valence-electron chi connectivity index (χ1n) is 8.04. The van der Waals surface area contributed by atoms with Crippen molar-refractivity contribution in [2.45, 2.75) is 26.2 Å². The number of rotatable bonds is 7. The predicted octanol–water partition coefficient (Wildman–Crippen LogP) is 5.01. The highest BCUT2D eigenvalue weighted by molar-refractivity contribution is 6.31. The summed E-state index contributed by atoms with van der Waals surface area (Å²) < 4.78 is 20.0. The summed E-state index contributed by atoms with van der Waals surface area (Å²) in [6, 6.07) is 6.10. The van der Waals surface area contributed by atoms with Crippen LogP contribution in [0.4, 0.5) is 4.39 Å². The lowest BCUT2D eigenvalue weighted by Crippen LogP contribution is -2.10. The molecule has 0 unspecified atom stereocenters. The molecule has 0 aromatic heterocycles. The Kier molecular flexibility index (Phi) is 6.27. The number of carbonyl (C=O) groups is 1. The first-order chi connectivity index (χ1) is 12.2. The van der Waals surface area contributed by atoms with Crippen molar-refractivity contribution in [3.63, 3.8) is 0 Å². The van der Waals surface area contributed by atoms with Gasteiger partial charge in [-0.05, 0) is 40.8 Å². The van der Waals surface area contributed by atoms with E-state index in [1.54, 1.807) is 26.0 Å². The topological polar surface area (TPSA) is 66.8 Å². The molecule has 2 N–H and O–H groups in total. The fourth-order valence-electron chi connectivity index (χ4n) is 2.73. The number of phenols is 1. The molecule has 2 aromatic rings. The Balaban J connectivity index is 2.42. The molecule has 2 aromatic carbocycles. The molecule has 26 heavy (non-hydrogen) atoms. The maximum Gasteiger partial charge on any atom is 0.341 e. The maximum atomic E-state index is 14.8. The van der Waals surface area contributed by atoms with Crippen LogP contribution in [0.3, 0.4) is 0 Å². The maximum absolute atomic E-state index is 14.8. The number of carboxylic acid groups (broad SMARTS) is 1. The van der Waals surface area contributed by atoms with E-state index in [1.165, 1.54) is 18.2 Å². The number of aromatic hydroxyl groups is 1. The summed E-state index contributed by atoms with van der Waals surface area (Å²) >= 11 is 6.32. The molecule has 0 fully saturated rings. The summed E-state index contributed by atoms with van der Waals surface area (Å²) in [6.45, 7) is 6.85. The molecule has 0 saturated carbocycles. The van der Waals surface area contributed by atoms with Gasteiger partial charge in [0, 0.05) is 17.0 Å². The van der Waals surface area contributed by atoms with Gasteiger partial charge in [-0.1, -0.05) is 44.2 Å². The largest absolute Gasteiger partial charge is 0.508 e. The smallest absolute Gasteiger partial charge is 0.341 e. The van der Waals surface area contributed by atoms with Crippen molar-refractivity contribution < 1.29 is 24.1 Å². The first-order valence-corrected chi connectivity index (χ1v) is 8.42. The van der Waals surface area contributed by atoms with Crippen molar-refractivity contribution in [1.29, 1.82) is 0 Å². The Morgan fingerprint density at radius 3 is 2.65 bits per heavy atom. The van der Waals surface area contributed by atoms with Crippen molar-refractivity contribution in [2.24, 2.45) is 0 Å². The van der Waals surface area contributed by atoms with Crippen LogP contribution in [0.15, 0.2) is 30.8 Å². The van der Waals surface area contributed by atoms with Gasteiger partial charge in [-0.3, -0.25) is 0 Å². The van der Waals surface area contributed by atoms with Gasteiger partial charge in [0.05, 0.1) is 0 Å². The molecule has 0 bridgehead atoms. The summed E-state index contributed by atoms with van der Waals surface area (Å²) in [7, 11) is 0. The van der Waals surface area contributed by atoms with Crippen LogP contribution in [0.25, 0.3) is 6.08 Å². The molecule has 0 radical (unpaired) electrons.